The van der Waals surface area contributed by atoms with Crippen molar-refractivity contribution in [3.8, 4) is 0 Å². The lowest BCUT2D eigenvalue weighted by Crippen LogP contribution is -2.42. The Labute approximate surface area is 109 Å². The molecule has 102 valence electrons. The number of rotatable bonds is 6. The van der Waals surface area contributed by atoms with Crippen molar-refractivity contribution < 1.29 is 0 Å². The molecule has 0 bridgehead atoms. The van der Waals surface area contributed by atoms with Crippen LogP contribution in [0.2, 0.25) is 0 Å². The summed E-state index contributed by atoms with van der Waals surface area (Å²) in [6.45, 7) is 20.9. The third-order valence-corrected chi connectivity index (χ3v) is 3.19. The van der Waals surface area contributed by atoms with Gasteiger partial charge in [-0.15, -0.1) is 6.58 Å². The normalized spacial score (nSPS) is 16.6. The molecule has 0 saturated heterocycles. The standard InChI is InChI=1S/C16H33N/c1-9-16(8,13-17-15(5,6)7)12-10-11-14(2,3)4/h9,17H,1,10-13H2,2-8H3. The van der Waals surface area contributed by atoms with Gasteiger partial charge in [-0.25, -0.2) is 0 Å². The number of nitrogens with one attached hydrogen (secondary N) is 1. The predicted molar refractivity (Wildman–Crippen MR) is 79.4 cm³/mol. The second kappa shape index (κ2) is 6.04. The molecule has 1 unspecified atom stereocenters. The number of hydrogen-bond acceptors (Lipinski definition) is 1. The zero-order chi connectivity index (χ0) is 13.7. The SMILES string of the molecule is C=CC(C)(CCCC(C)(C)C)CNC(C)(C)C. The van der Waals surface area contributed by atoms with E-state index >= 15 is 0 Å². The van der Waals surface area contributed by atoms with Crippen LogP contribution in [0.1, 0.15) is 67.7 Å². The van der Waals surface area contributed by atoms with Gasteiger partial charge in [0.05, 0.1) is 0 Å². The monoisotopic (exact) mass is 239 g/mol. The summed E-state index contributed by atoms with van der Waals surface area (Å²) in [6.07, 6.45) is 5.90. The fourth-order valence-electron chi connectivity index (χ4n) is 1.75. The van der Waals surface area contributed by atoms with Gasteiger partial charge in [-0.05, 0) is 44.4 Å². The zero-order valence-electron chi connectivity index (χ0n) is 13.1. The highest BCUT2D eigenvalue weighted by molar-refractivity contribution is 4.94. The van der Waals surface area contributed by atoms with Crippen LogP contribution in [0, 0.1) is 10.8 Å². The van der Waals surface area contributed by atoms with Crippen molar-refractivity contribution in [1.82, 2.24) is 5.32 Å². The molecule has 0 radical (unpaired) electrons. The summed E-state index contributed by atoms with van der Waals surface area (Å²) < 4.78 is 0. The average Bonchev–Trinajstić information content (AvgIpc) is 2.12. The van der Waals surface area contributed by atoms with Gasteiger partial charge in [-0.1, -0.05) is 40.2 Å². The van der Waals surface area contributed by atoms with E-state index in [0.717, 1.165) is 6.54 Å². The van der Waals surface area contributed by atoms with Gasteiger partial charge in [-0.3, -0.25) is 0 Å². The van der Waals surface area contributed by atoms with E-state index < -0.39 is 0 Å². The van der Waals surface area contributed by atoms with E-state index in [9.17, 15) is 0 Å². The van der Waals surface area contributed by atoms with Gasteiger partial charge in [0.1, 0.15) is 0 Å². The van der Waals surface area contributed by atoms with Gasteiger partial charge >= 0.3 is 0 Å². The Hall–Kier alpha value is -0.300. The summed E-state index contributed by atoms with van der Waals surface area (Å²) in [7, 11) is 0. The smallest absolute Gasteiger partial charge is 0.00968 e. The summed E-state index contributed by atoms with van der Waals surface area (Å²) in [5.74, 6) is 0. The lowest BCUT2D eigenvalue weighted by molar-refractivity contribution is 0.276. The topological polar surface area (TPSA) is 12.0 Å². The summed E-state index contributed by atoms with van der Waals surface area (Å²) in [5.41, 5.74) is 0.854. The molecule has 0 heterocycles. The Kier molecular flexibility index (Phi) is 5.93. The van der Waals surface area contributed by atoms with Crippen LogP contribution in [-0.2, 0) is 0 Å². The van der Waals surface area contributed by atoms with E-state index in [1.807, 2.05) is 0 Å². The number of hydrogen-bond donors (Lipinski definition) is 1. The van der Waals surface area contributed by atoms with Crippen LogP contribution in [0.3, 0.4) is 0 Å². The largest absolute Gasteiger partial charge is 0.311 e. The van der Waals surface area contributed by atoms with Crippen LogP contribution in [0.15, 0.2) is 12.7 Å². The Bertz CT molecular complexity index is 229. The zero-order valence-corrected chi connectivity index (χ0v) is 13.1. The summed E-state index contributed by atoms with van der Waals surface area (Å²) in [6, 6.07) is 0. The molecule has 0 saturated carbocycles. The Morgan fingerprint density at radius 2 is 1.47 bits per heavy atom. The first kappa shape index (κ1) is 16.7. The summed E-state index contributed by atoms with van der Waals surface area (Å²) in [5, 5.41) is 3.59. The minimum Gasteiger partial charge on any atom is -0.311 e. The van der Waals surface area contributed by atoms with Gasteiger partial charge < -0.3 is 5.32 Å². The molecule has 0 aliphatic carbocycles. The minimum atomic E-state index is 0.189. The second-order valence-electron chi connectivity index (χ2n) is 7.88. The fraction of sp³-hybridized carbons (Fsp3) is 0.875. The Balaban J connectivity index is 4.15. The molecule has 0 spiro atoms. The first-order chi connectivity index (χ1) is 7.47. The molecular formula is C16H33N. The maximum absolute atomic E-state index is 4.01. The van der Waals surface area contributed by atoms with Gasteiger partial charge in [0.2, 0.25) is 0 Å². The average molecular weight is 239 g/mol. The van der Waals surface area contributed by atoms with E-state index in [2.05, 4.69) is 66.4 Å². The maximum atomic E-state index is 4.01. The van der Waals surface area contributed by atoms with Crippen molar-refractivity contribution in [1.29, 1.82) is 0 Å². The molecule has 0 aromatic rings. The third kappa shape index (κ3) is 9.41. The van der Waals surface area contributed by atoms with Gasteiger partial charge in [-0.2, -0.15) is 0 Å². The molecular weight excluding hydrogens is 206 g/mol. The van der Waals surface area contributed by atoms with Crippen LogP contribution in [0.5, 0.6) is 0 Å². The van der Waals surface area contributed by atoms with E-state index in [1.165, 1.54) is 19.3 Å². The quantitative estimate of drug-likeness (QED) is 0.658. The molecule has 0 aliphatic rings. The molecule has 17 heavy (non-hydrogen) atoms. The van der Waals surface area contributed by atoms with Gasteiger partial charge in [0.15, 0.2) is 0 Å². The van der Waals surface area contributed by atoms with Crippen LogP contribution < -0.4 is 5.32 Å². The van der Waals surface area contributed by atoms with Crippen molar-refractivity contribution in [2.24, 2.45) is 10.8 Å². The van der Waals surface area contributed by atoms with Crippen LogP contribution in [0.25, 0.3) is 0 Å². The Morgan fingerprint density at radius 3 is 1.82 bits per heavy atom. The molecule has 1 atom stereocenters. The van der Waals surface area contributed by atoms with Gasteiger partial charge in [0.25, 0.3) is 0 Å². The molecule has 1 heteroatoms. The second-order valence-corrected chi connectivity index (χ2v) is 7.88. The summed E-state index contributed by atoms with van der Waals surface area (Å²) >= 11 is 0. The highest BCUT2D eigenvalue weighted by Crippen LogP contribution is 2.29. The first-order valence-corrected chi connectivity index (χ1v) is 6.86. The molecule has 0 aromatic heterocycles. The van der Waals surface area contributed by atoms with E-state index in [1.54, 1.807) is 0 Å². The van der Waals surface area contributed by atoms with Crippen LogP contribution in [-0.4, -0.2) is 12.1 Å². The molecule has 1 nitrogen and oxygen atoms in total. The molecule has 0 aliphatic heterocycles. The minimum absolute atomic E-state index is 0.189. The molecule has 0 amide bonds. The molecule has 0 fully saturated rings. The molecule has 0 aromatic carbocycles. The first-order valence-electron chi connectivity index (χ1n) is 6.86. The fourth-order valence-corrected chi connectivity index (χ4v) is 1.75. The van der Waals surface area contributed by atoms with Gasteiger partial charge in [0, 0.05) is 12.1 Å². The van der Waals surface area contributed by atoms with E-state index in [-0.39, 0.29) is 11.0 Å². The van der Waals surface area contributed by atoms with Crippen LogP contribution >= 0.6 is 0 Å². The summed E-state index contributed by atoms with van der Waals surface area (Å²) in [4.78, 5) is 0. The maximum Gasteiger partial charge on any atom is 0.00968 e. The van der Waals surface area contributed by atoms with Crippen molar-refractivity contribution in [3.63, 3.8) is 0 Å². The Morgan fingerprint density at radius 1 is 0.941 bits per heavy atom. The predicted octanol–water partition coefficient (Wildman–Crippen LogP) is 4.78. The lowest BCUT2D eigenvalue weighted by Gasteiger charge is -2.32. The van der Waals surface area contributed by atoms with E-state index in [4.69, 9.17) is 0 Å². The van der Waals surface area contributed by atoms with Crippen molar-refractivity contribution in [2.75, 3.05) is 6.54 Å². The van der Waals surface area contributed by atoms with Crippen molar-refractivity contribution in [2.45, 2.75) is 73.3 Å². The molecule has 1 N–H and O–H groups in total. The third-order valence-electron chi connectivity index (χ3n) is 3.19. The van der Waals surface area contributed by atoms with Crippen molar-refractivity contribution >= 4 is 0 Å². The molecule has 0 rings (SSSR count). The highest BCUT2D eigenvalue weighted by atomic mass is 15.0. The lowest BCUT2D eigenvalue weighted by atomic mass is 9.81. The van der Waals surface area contributed by atoms with Crippen LogP contribution in [0.4, 0.5) is 0 Å². The van der Waals surface area contributed by atoms with E-state index in [0.29, 0.717) is 5.41 Å². The highest BCUT2D eigenvalue weighted by Gasteiger charge is 2.23. The van der Waals surface area contributed by atoms with Crippen molar-refractivity contribution in [3.05, 3.63) is 12.7 Å².